The van der Waals surface area contributed by atoms with Crippen molar-refractivity contribution in [2.24, 2.45) is 0 Å². The Morgan fingerprint density at radius 2 is 2.18 bits per heavy atom. The Kier molecular flexibility index (Phi) is 6.71. The van der Waals surface area contributed by atoms with E-state index in [-0.39, 0.29) is 24.7 Å². The number of nitrogens with one attached hydrogen (secondary N) is 1. The fraction of sp³-hybridized carbons (Fsp3) is 0.360. The zero-order chi connectivity index (χ0) is 23.4. The first-order valence-corrected chi connectivity index (χ1v) is 11.0. The monoisotopic (exact) mass is 446 g/mol. The first-order chi connectivity index (χ1) is 16.0. The lowest BCUT2D eigenvalue weighted by atomic mass is 9.84. The van der Waals surface area contributed by atoms with Crippen LogP contribution in [0.5, 0.6) is 5.75 Å². The smallest absolute Gasteiger partial charge is 0.258 e. The van der Waals surface area contributed by atoms with Gasteiger partial charge in [0.15, 0.2) is 0 Å². The van der Waals surface area contributed by atoms with Crippen molar-refractivity contribution in [2.45, 2.75) is 45.3 Å². The van der Waals surface area contributed by atoms with Gasteiger partial charge in [-0.15, -0.1) is 0 Å². The second kappa shape index (κ2) is 9.84. The number of nitrogens with zero attached hydrogens (tertiary/aromatic N) is 3. The van der Waals surface area contributed by atoms with Crippen molar-refractivity contribution in [2.75, 3.05) is 13.7 Å². The summed E-state index contributed by atoms with van der Waals surface area (Å²) in [6, 6.07) is 13.3. The van der Waals surface area contributed by atoms with E-state index in [1.54, 1.807) is 18.2 Å². The number of ether oxygens (including phenoxy) is 2. The highest BCUT2D eigenvalue weighted by Crippen LogP contribution is 2.36. The van der Waals surface area contributed by atoms with E-state index < -0.39 is 0 Å². The van der Waals surface area contributed by atoms with Crippen molar-refractivity contribution in [1.82, 2.24) is 15.5 Å². The zero-order valence-corrected chi connectivity index (χ0v) is 18.9. The molecule has 1 N–H and O–H groups in total. The standard InChI is InChI=1S/C25H26N4O4/c1-15(2)32-22-11-10-16(12-17(22)13-26)25-28-24(29-33-25)20-8-4-7-19-18(20)6-5-9-21(19)27-23(30)14-31-3/h4,7-8,10-12,15,21H,5-6,9,14H2,1-3H3,(H,27,30)/t21-/m1/s1. The predicted molar refractivity (Wildman–Crippen MR) is 121 cm³/mol. The molecule has 0 saturated carbocycles. The van der Waals surface area contributed by atoms with E-state index in [0.29, 0.717) is 28.6 Å². The topological polar surface area (TPSA) is 110 Å². The number of aromatic nitrogens is 2. The van der Waals surface area contributed by atoms with Crippen LogP contribution in [0.1, 0.15) is 49.4 Å². The molecule has 0 aliphatic heterocycles. The molecule has 0 saturated heterocycles. The quantitative estimate of drug-likeness (QED) is 0.579. The lowest BCUT2D eigenvalue weighted by Crippen LogP contribution is -2.33. The van der Waals surface area contributed by atoms with E-state index in [1.165, 1.54) is 7.11 Å². The molecule has 3 aromatic rings. The fourth-order valence-corrected chi connectivity index (χ4v) is 4.13. The number of benzene rings is 2. The van der Waals surface area contributed by atoms with Gasteiger partial charge in [0.05, 0.1) is 17.7 Å². The van der Waals surface area contributed by atoms with E-state index >= 15 is 0 Å². The van der Waals surface area contributed by atoms with E-state index in [2.05, 4.69) is 21.5 Å². The van der Waals surface area contributed by atoms with Crippen LogP contribution >= 0.6 is 0 Å². The van der Waals surface area contributed by atoms with Crippen LogP contribution in [0.15, 0.2) is 40.9 Å². The normalized spacial score (nSPS) is 15.1. The number of rotatable bonds is 7. The molecule has 1 amide bonds. The van der Waals surface area contributed by atoms with Gasteiger partial charge in [-0.1, -0.05) is 23.4 Å². The third-order valence-electron chi connectivity index (χ3n) is 5.49. The molecule has 1 aromatic heterocycles. The number of carbonyl (C=O) groups is 1. The third kappa shape index (κ3) is 4.89. The molecule has 0 fully saturated rings. The van der Waals surface area contributed by atoms with Crippen LogP contribution in [0.4, 0.5) is 0 Å². The van der Waals surface area contributed by atoms with Gasteiger partial charge in [0.25, 0.3) is 5.89 Å². The van der Waals surface area contributed by atoms with Crippen molar-refractivity contribution in [3.63, 3.8) is 0 Å². The van der Waals surface area contributed by atoms with Gasteiger partial charge in [0.2, 0.25) is 11.7 Å². The maximum atomic E-state index is 12.1. The summed E-state index contributed by atoms with van der Waals surface area (Å²) in [5.74, 6) is 1.19. The summed E-state index contributed by atoms with van der Waals surface area (Å²) in [6.45, 7) is 3.85. The average Bonchev–Trinajstić information content (AvgIpc) is 3.29. The molecule has 1 heterocycles. The molecule has 1 aliphatic carbocycles. The number of nitriles is 1. The second-order valence-electron chi connectivity index (χ2n) is 8.23. The molecular weight excluding hydrogens is 420 g/mol. The minimum absolute atomic E-state index is 0.0331. The Hall–Kier alpha value is -3.70. The molecule has 8 nitrogen and oxygen atoms in total. The molecule has 2 aromatic carbocycles. The summed E-state index contributed by atoms with van der Waals surface area (Å²) in [6.07, 6.45) is 2.64. The van der Waals surface area contributed by atoms with Gasteiger partial charge in [-0.2, -0.15) is 10.2 Å². The van der Waals surface area contributed by atoms with Crippen molar-refractivity contribution >= 4 is 5.91 Å². The Morgan fingerprint density at radius 1 is 1.33 bits per heavy atom. The third-order valence-corrected chi connectivity index (χ3v) is 5.49. The first-order valence-electron chi connectivity index (χ1n) is 11.0. The van der Waals surface area contributed by atoms with Gasteiger partial charge in [-0.3, -0.25) is 4.79 Å². The molecule has 0 spiro atoms. The lowest BCUT2D eigenvalue weighted by Gasteiger charge is -2.27. The Bertz CT molecular complexity index is 1200. The van der Waals surface area contributed by atoms with Crippen LogP contribution in [0.2, 0.25) is 0 Å². The van der Waals surface area contributed by atoms with Crippen LogP contribution in [0, 0.1) is 11.3 Å². The highest BCUT2D eigenvalue weighted by atomic mass is 16.5. The number of hydrogen-bond donors (Lipinski definition) is 1. The highest BCUT2D eigenvalue weighted by Gasteiger charge is 2.25. The molecule has 4 rings (SSSR count). The van der Waals surface area contributed by atoms with Crippen molar-refractivity contribution in [3.05, 3.63) is 53.1 Å². The van der Waals surface area contributed by atoms with Crippen LogP contribution in [-0.4, -0.2) is 35.9 Å². The maximum Gasteiger partial charge on any atom is 0.258 e. The first kappa shape index (κ1) is 22.5. The molecule has 1 atom stereocenters. The Morgan fingerprint density at radius 3 is 2.94 bits per heavy atom. The molecular formula is C25H26N4O4. The molecule has 8 heteroatoms. The van der Waals surface area contributed by atoms with Crippen molar-refractivity contribution in [3.8, 4) is 34.7 Å². The molecule has 1 aliphatic rings. The van der Waals surface area contributed by atoms with Gasteiger partial charge in [0.1, 0.15) is 18.4 Å². The van der Waals surface area contributed by atoms with Gasteiger partial charge in [-0.05, 0) is 62.4 Å². The van der Waals surface area contributed by atoms with E-state index in [0.717, 1.165) is 36.0 Å². The minimum atomic E-state index is -0.138. The number of fused-ring (bicyclic) bond motifs is 1. The van der Waals surface area contributed by atoms with Crippen LogP contribution in [0.3, 0.4) is 0 Å². The lowest BCUT2D eigenvalue weighted by molar-refractivity contribution is -0.125. The van der Waals surface area contributed by atoms with Crippen molar-refractivity contribution in [1.29, 1.82) is 5.26 Å². The number of carbonyl (C=O) groups excluding carboxylic acids is 1. The average molecular weight is 447 g/mol. The molecule has 0 bridgehead atoms. The van der Waals surface area contributed by atoms with Gasteiger partial charge in [0, 0.05) is 18.2 Å². The van der Waals surface area contributed by atoms with E-state index in [9.17, 15) is 10.1 Å². The zero-order valence-electron chi connectivity index (χ0n) is 18.9. The largest absolute Gasteiger partial charge is 0.490 e. The summed E-state index contributed by atoms with van der Waals surface area (Å²) in [4.78, 5) is 16.7. The number of amides is 1. The second-order valence-corrected chi connectivity index (χ2v) is 8.23. The van der Waals surface area contributed by atoms with E-state index in [4.69, 9.17) is 14.0 Å². The summed E-state index contributed by atoms with van der Waals surface area (Å²) in [7, 11) is 1.50. The fourth-order valence-electron chi connectivity index (χ4n) is 4.13. The summed E-state index contributed by atoms with van der Waals surface area (Å²) >= 11 is 0. The highest BCUT2D eigenvalue weighted by molar-refractivity contribution is 5.78. The minimum Gasteiger partial charge on any atom is -0.490 e. The van der Waals surface area contributed by atoms with Gasteiger partial charge < -0.3 is 19.3 Å². The van der Waals surface area contributed by atoms with Gasteiger partial charge in [-0.25, -0.2) is 0 Å². The summed E-state index contributed by atoms with van der Waals surface area (Å²) < 4.78 is 16.2. The van der Waals surface area contributed by atoms with Crippen LogP contribution in [-0.2, 0) is 16.0 Å². The molecule has 0 unspecified atom stereocenters. The van der Waals surface area contributed by atoms with Gasteiger partial charge >= 0.3 is 0 Å². The van der Waals surface area contributed by atoms with Crippen LogP contribution in [0.25, 0.3) is 22.8 Å². The molecule has 0 radical (unpaired) electrons. The summed E-state index contributed by atoms with van der Waals surface area (Å²) in [5.41, 5.74) is 4.12. The molecule has 170 valence electrons. The SMILES string of the molecule is COCC(=O)N[C@@H]1CCCc2c(-c3noc(-c4ccc(OC(C)C)c(C#N)c4)n3)cccc21. The number of hydrogen-bond acceptors (Lipinski definition) is 7. The Balaban J connectivity index is 1.64. The predicted octanol–water partition coefficient (Wildman–Crippen LogP) is 4.20. The van der Waals surface area contributed by atoms with E-state index in [1.807, 2.05) is 32.0 Å². The van der Waals surface area contributed by atoms with Crippen LogP contribution < -0.4 is 10.1 Å². The summed E-state index contributed by atoms with van der Waals surface area (Å²) in [5, 5.41) is 16.8. The molecule has 33 heavy (non-hydrogen) atoms. The Labute approximate surface area is 192 Å². The maximum absolute atomic E-state index is 12.1. The number of methoxy groups -OCH3 is 1. The van der Waals surface area contributed by atoms with Crippen molar-refractivity contribution < 1.29 is 18.8 Å².